The molecule has 0 aliphatic heterocycles. The Morgan fingerprint density at radius 1 is 1.14 bits per heavy atom. The molecule has 0 radical (unpaired) electrons. The molecule has 3 N–H and O–H groups in total. The molecule has 1 heterocycles. The Balaban J connectivity index is 1.99. The number of hydrogen-bond acceptors (Lipinski definition) is 6. The highest BCUT2D eigenvalue weighted by Gasteiger charge is 2.23. The molecule has 0 saturated heterocycles. The van der Waals surface area contributed by atoms with Crippen LogP contribution in [0.25, 0.3) is 11.0 Å². The number of carboxylic acid groups (broad SMARTS) is 1. The number of hydrogen-bond donors (Lipinski definition) is 3. The molecule has 0 aliphatic rings. The maximum absolute atomic E-state index is 12.0. The molecule has 2 aromatic rings. The molecule has 1 unspecified atom stereocenters. The zero-order chi connectivity index (χ0) is 21.7. The maximum Gasteiger partial charge on any atom is 0.336 e. The summed E-state index contributed by atoms with van der Waals surface area (Å²) in [5, 5.41) is 14.4. The standard InChI is InChI=1S/C20H24N2O7/c1-10(2)19(20(26)27)22-15(23)8-21-16(24)9-28-13-5-11(3)6-14-18(13)12(4)7-17(25)29-14/h5-7,10,19H,8-9H2,1-4H3,(H,21,24)(H,22,23)(H,26,27). The Labute approximate surface area is 167 Å². The third-order valence-corrected chi connectivity index (χ3v) is 4.20. The third-order valence-electron chi connectivity index (χ3n) is 4.20. The summed E-state index contributed by atoms with van der Waals surface area (Å²) in [5.74, 6) is -2.23. The summed E-state index contributed by atoms with van der Waals surface area (Å²) in [4.78, 5) is 46.6. The van der Waals surface area contributed by atoms with E-state index in [1.54, 1.807) is 39.8 Å². The smallest absolute Gasteiger partial charge is 0.336 e. The van der Waals surface area contributed by atoms with Gasteiger partial charge in [-0.25, -0.2) is 9.59 Å². The van der Waals surface area contributed by atoms with E-state index < -0.39 is 29.5 Å². The van der Waals surface area contributed by atoms with Crippen LogP contribution in [0, 0.1) is 19.8 Å². The lowest BCUT2D eigenvalue weighted by molar-refractivity contribution is -0.143. The first-order valence-corrected chi connectivity index (χ1v) is 9.05. The first-order chi connectivity index (χ1) is 13.6. The van der Waals surface area contributed by atoms with Crippen LogP contribution in [-0.4, -0.2) is 42.1 Å². The van der Waals surface area contributed by atoms with Crippen molar-refractivity contribution in [3.05, 3.63) is 39.7 Å². The van der Waals surface area contributed by atoms with Crippen LogP contribution in [0.2, 0.25) is 0 Å². The maximum atomic E-state index is 12.0. The van der Waals surface area contributed by atoms with Crippen molar-refractivity contribution >= 4 is 28.8 Å². The normalized spacial score (nSPS) is 11.9. The Bertz CT molecular complexity index is 994. The number of amides is 2. The van der Waals surface area contributed by atoms with Gasteiger partial charge in [0.05, 0.1) is 11.9 Å². The van der Waals surface area contributed by atoms with Crippen LogP contribution >= 0.6 is 0 Å². The lowest BCUT2D eigenvalue weighted by Crippen LogP contribution is -2.48. The first-order valence-electron chi connectivity index (χ1n) is 9.05. The van der Waals surface area contributed by atoms with E-state index in [1.807, 2.05) is 0 Å². The molecule has 0 saturated carbocycles. The van der Waals surface area contributed by atoms with E-state index in [9.17, 15) is 19.2 Å². The molecule has 2 rings (SSSR count). The minimum Gasteiger partial charge on any atom is -0.483 e. The Hall–Kier alpha value is -3.36. The summed E-state index contributed by atoms with van der Waals surface area (Å²) in [6.07, 6.45) is 0. The topological polar surface area (TPSA) is 135 Å². The van der Waals surface area contributed by atoms with Gasteiger partial charge in [0.2, 0.25) is 5.91 Å². The van der Waals surface area contributed by atoms with E-state index in [0.717, 1.165) is 5.56 Å². The van der Waals surface area contributed by atoms with Crippen molar-refractivity contribution in [3.8, 4) is 5.75 Å². The van der Waals surface area contributed by atoms with Crippen molar-refractivity contribution in [2.24, 2.45) is 5.92 Å². The zero-order valence-electron chi connectivity index (χ0n) is 16.7. The van der Waals surface area contributed by atoms with Crippen molar-refractivity contribution in [3.63, 3.8) is 0 Å². The lowest BCUT2D eigenvalue weighted by Gasteiger charge is -2.18. The summed E-state index contributed by atoms with van der Waals surface area (Å²) < 4.78 is 10.8. The van der Waals surface area contributed by atoms with Crippen molar-refractivity contribution in [1.82, 2.24) is 10.6 Å². The minimum atomic E-state index is -1.14. The molecule has 29 heavy (non-hydrogen) atoms. The van der Waals surface area contributed by atoms with Crippen molar-refractivity contribution in [2.75, 3.05) is 13.2 Å². The van der Waals surface area contributed by atoms with Gasteiger partial charge in [0.15, 0.2) is 6.61 Å². The summed E-state index contributed by atoms with van der Waals surface area (Å²) in [7, 11) is 0. The number of carbonyl (C=O) groups is 3. The summed E-state index contributed by atoms with van der Waals surface area (Å²) in [6.45, 7) is 6.13. The molecule has 1 atom stereocenters. The number of benzene rings is 1. The van der Waals surface area contributed by atoms with Gasteiger partial charge in [-0.1, -0.05) is 13.8 Å². The second-order valence-corrected chi connectivity index (χ2v) is 7.08. The molecule has 0 spiro atoms. The fourth-order valence-electron chi connectivity index (χ4n) is 2.80. The van der Waals surface area contributed by atoms with Gasteiger partial charge in [0.1, 0.15) is 17.4 Å². The van der Waals surface area contributed by atoms with Gasteiger partial charge in [0, 0.05) is 6.07 Å². The molecule has 0 aliphatic carbocycles. The second kappa shape index (κ2) is 9.22. The number of fused-ring (bicyclic) bond motifs is 1. The number of carbonyl (C=O) groups excluding carboxylic acids is 2. The number of carboxylic acids is 1. The largest absolute Gasteiger partial charge is 0.483 e. The molecule has 156 valence electrons. The SMILES string of the molecule is Cc1cc(OCC(=O)NCC(=O)NC(C(=O)O)C(C)C)c2c(C)cc(=O)oc2c1. The molecule has 1 aromatic heterocycles. The number of ether oxygens (including phenoxy) is 1. The quantitative estimate of drug-likeness (QED) is 0.561. The molecule has 9 nitrogen and oxygen atoms in total. The van der Waals surface area contributed by atoms with Crippen molar-refractivity contribution in [2.45, 2.75) is 33.7 Å². The van der Waals surface area contributed by atoms with E-state index >= 15 is 0 Å². The van der Waals surface area contributed by atoms with Gasteiger partial charge < -0.3 is 24.9 Å². The minimum absolute atomic E-state index is 0.298. The molecular weight excluding hydrogens is 380 g/mol. The van der Waals surface area contributed by atoms with Gasteiger partial charge in [0.25, 0.3) is 5.91 Å². The second-order valence-electron chi connectivity index (χ2n) is 7.08. The highest BCUT2D eigenvalue weighted by Crippen LogP contribution is 2.29. The van der Waals surface area contributed by atoms with Gasteiger partial charge in [-0.15, -0.1) is 0 Å². The Kier molecular flexibility index (Phi) is 6.98. The fourth-order valence-corrected chi connectivity index (χ4v) is 2.80. The van der Waals surface area contributed by atoms with E-state index in [0.29, 0.717) is 22.3 Å². The highest BCUT2D eigenvalue weighted by atomic mass is 16.5. The number of aliphatic carboxylic acids is 1. The van der Waals surface area contributed by atoms with Crippen LogP contribution < -0.4 is 21.0 Å². The van der Waals surface area contributed by atoms with E-state index in [2.05, 4.69) is 10.6 Å². The Morgan fingerprint density at radius 3 is 2.45 bits per heavy atom. The van der Waals surface area contributed by atoms with Crippen LogP contribution in [0.15, 0.2) is 27.4 Å². The predicted molar refractivity (Wildman–Crippen MR) is 105 cm³/mol. The first kappa shape index (κ1) is 21.9. The average Bonchev–Trinajstić information content (AvgIpc) is 2.60. The monoisotopic (exact) mass is 404 g/mol. The highest BCUT2D eigenvalue weighted by molar-refractivity contribution is 5.89. The lowest BCUT2D eigenvalue weighted by atomic mass is 10.1. The van der Waals surface area contributed by atoms with E-state index in [4.69, 9.17) is 14.3 Å². The number of nitrogens with one attached hydrogen (secondary N) is 2. The van der Waals surface area contributed by atoms with Gasteiger partial charge in [-0.2, -0.15) is 0 Å². The molecule has 9 heteroatoms. The van der Waals surface area contributed by atoms with Crippen LogP contribution in [0.5, 0.6) is 5.75 Å². The number of aryl methyl sites for hydroxylation is 2. The van der Waals surface area contributed by atoms with Crippen LogP contribution in [0.1, 0.15) is 25.0 Å². The van der Waals surface area contributed by atoms with Crippen LogP contribution in [0.4, 0.5) is 0 Å². The van der Waals surface area contributed by atoms with Crippen LogP contribution in [0.3, 0.4) is 0 Å². The predicted octanol–water partition coefficient (Wildman–Crippen LogP) is 1.13. The summed E-state index contributed by atoms with van der Waals surface area (Å²) >= 11 is 0. The summed E-state index contributed by atoms with van der Waals surface area (Å²) in [6, 6.07) is 3.72. The summed E-state index contributed by atoms with van der Waals surface area (Å²) in [5.41, 5.74) is 1.32. The van der Waals surface area contributed by atoms with Crippen LogP contribution in [-0.2, 0) is 14.4 Å². The Morgan fingerprint density at radius 2 is 1.83 bits per heavy atom. The van der Waals surface area contributed by atoms with Crippen molar-refractivity contribution < 1.29 is 28.6 Å². The van der Waals surface area contributed by atoms with Gasteiger partial charge in [-0.05, 0) is 43.0 Å². The number of rotatable bonds is 8. The molecule has 0 fully saturated rings. The molecular formula is C20H24N2O7. The van der Waals surface area contributed by atoms with E-state index in [1.165, 1.54) is 6.07 Å². The van der Waals surface area contributed by atoms with Gasteiger partial charge >= 0.3 is 11.6 Å². The fraction of sp³-hybridized carbons (Fsp3) is 0.400. The van der Waals surface area contributed by atoms with E-state index in [-0.39, 0.29) is 19.1 Å². The molecule has 0 bridgehead atoms. The third kappa shape index (κ3) is 5.81. The average molecular weight is 404 g/mol. The zero-order valence-corrected chi connectivity index (χ0v) is 16.7. The van der Waals surface area contributed by atoms with Crippen molar-refractivity contribution in [1.29, 1.82) is 0 Å². The molecule has 1 aromatic carbocycles. The van der Waals surface area contributed by atoms with Gasteiger partial charge in [-0.3, -0.25) is 9.59 Å². The molecule has 2 amide bonds.